The summed E-state index contributed by atoms with van der Waals surface area (Å²) in [4.78, 5) is 8.35. The Morgan fingerprint density at radius 2 is 2.26 bits per heavy atom. The smallest absolute Gasteiger partial charge is 0.194 e. The van der Waals surface area contributed by atoms with Gasteiger partial charge >= 0.3 is 0 Å². The van der Waals surface area contributed by atoms with Gasteiger partial charge < -0.3 is 10.2 Å². The van der Waals surface area contributed by atoms with Crippen molar-refractivity contribution >= 4 is 17.5 Å². The number of aromatic nitrogens is 2. The summed E-state index contributed by atoms with van der Waals surface area (Å²) in [5, 5.41) is 7.63. The average Bonchev–Trinajstić information content (AvgIpc) is 2.96. The molecule has 104 valence electrons. The Morgan fingerprint density at radius 3 is 3.00 bits per heavy atom. The molecule has 1 fully saturated rings. The Balaban J connectivity index is 1.68. The highest BCUT2D eigenvalue weighted by Gasteiger charge is 2.33. The Kier molecular flexibility index (Phi) is 3.43. The van der Waals surface area contributed by atoms with Crippen molar-refractivity contribution in [2.75, 3.05) is 13.1 Å². The quantitative estimate of drug-likeness (QED) is 0.899. The molecule has 0 saturated carbocycles. The second-order valence-electron chi connectivity index (χ2n) is 5.74. The molecule has 3 atom stereocenters. The van der Waals surface area contributed by atoms with Crippen LogP contribution in [0.1, 0.15) is 43.3 Å². The van der Waals surface area contributed by atoms with E-state index in [0.717, 1.165) is 30.7 Å². The zero-order valence-corrected chi connectivity index (χ0v) is 12.6. The van der Waals surface area contributed by atoms with Crippen LogP contribution in [-0.4, -0.2) is 39.6 Å². The first kappa shape index (κ1) is 12.8. The fraction of sp³-hybridized carbons (Fsp3) is 0.769. The lowest BCUT2D eigenvalue weighted by atomic mass is 9.95. The molecule has 3 rings (SSSR count). The average molecular weight is 279 g/mol. The molecule has 6 heteroatoms. The second-order valence-corrected chi connectivity index (χ2v) is 6.53. The van der Waals surface area contributed by atoms with Crippen molar-refractivity contribution in [2.24, 2.45) is 10.9 Å². The minimum atomic E-state index is 0.231. The highest BCUT2D eigenvalue weighted by Crippen LogP contribution is 2.27. The van der Waals surface area contributed by atoms with E-state index in [1.54, 1.807) is 0 Å². The molecule has 0 spiro atoms. The summed E-state index contributed by atoms with van der Waals surface area (Å²) in [5.74, 6) is 1.83. The third-order valence-electron chi connectivity index (χ3n) is 4.09. The Bertz CT molecular complexity index is 483. The minimum absolute atomic E-state index is 0.231. The van der Waals surface area contributed by atoms with Gasteiger partial charge in [-0.2, -0.15) is 0 Å². The van der Waals surface area contributed by atoms with E-state index in [4.69, 9.17) is 0 Å². The fourth-order valence-electron chi connectivity index (χ4n) is 2.96. The number of piperidine rings is 1. The molecular formula is C13H21N5S. The van der Waals surface area contributed by atoms with Crippen LogP contribution in [0.5, 0.6) is 0 Å². The van der Waals surface area contributed by atoms with Crippen LogP contribution in [0.4, 0.5) is 0 Å². The number of nitrogens with one attached hydrogen (secondary N) is 1. The van der Waals surface area contributed by atoms with Crippen molar-refractivity contribution in [1.29, 1.82) is 0 Å². The van der Waals surface area contributed by atoms with Gasteiger partial charge in [-0.1, -0.05) is 11.4 Å². The van der Waals surface area contributed by atoms with Crippen LogP contribution in [0, 0.1) is 12.8 Å². The second kappa shape index (κ2) is 5.07. The van der Waals surface area contributed by atoms with Crippen LogP contribution < -0.4 is 5.32 Å². The number of hydrogen-bond donors (Lipinski definition) is 1. The summed E-state index contributed by atoms with van der Waals surface area (Å²) in [5.41, 5.74) is 1.02. The maximum absolute atomic E-state index is 4.69. The number of nitrogens with zero attached hydrogens (tertiary/aromatic N) is 4. The molecule has 0 radical (unpaired) electrons. The number of aryl methyl sites for hydroxylation is 1. The van der Waals surface area contributed by atoms with Gasteiger partial charge in [-0.25, -0.2) is 0 Å². The normalized spacial score (nSPS) is 27.9. The van der Waals surface area contributed by atoms with Crippen LogP contribution in [0.15, 0.2) is 4.99 Å². The maximum atomic E-state index is 4.69. The van der Waals surface area contributed by atoms with Crippen LogP contribution in [0.2, 0.25) is 0 Å². The van der Waals surface area contributed by atoms with Gasteiger partial charge in [0.2, 0.25) is 0 Å². The molecule has 1 aromatic rings. The molecule has 1 aromatic heterocycles. The van der Waals surface area contributed by atoms with Gasteiger partial charge in [-0.05, 0) is 44.1 Å². The van der Waals surface area contributed by atoms with Gasteiger partial charge in [0, 0.05) is 6.54 Å². The summed E-state index contributed by atoms with van der Waals surface area (Å²) in [6.45, 7) is 8.57. The van der Waals surface area contributed by atoms with Gasteiger partial charge in [-0.15, -0.1) is 5.10 Å². The van der Waals surface area contributed by atoms with E-state index in [1.807, 2.05) is 6.92 Å². The number of aliphatic imine (C=N–C) groups is 1. The van der Waals surface area contributed by atoms with Crippen molar-refractivity contribution in [3.05, 3.63) is 10.6 Å². The van der Waals surface area contributed by atoms with Crippen LogP contribution in [-0.2, 0) is 0 Å². The third kappa shape index (κ3) is 2.45. The first-order valence-corrected chi connectivity index (χ1v) is 7.79. The van der Waals surface area contributed by atoms with Crippen molar-refractivity contribution in [1.82, 2.24) is 19.8 Å². The molecule has 0 aliphatic carbocycles. The van der Waals surface area contributed by atoms with Crippen molar-refractivity contribution in [3.63, 3.8) is 0 Å². The number of hydrogen-bond acceptors (Lipinski definition) is 6. The van der Waals surface area contributed by atoms with Gasteiger partial charge in [0.1, 0.15) is 0 Å². The molecule has 2 aliphatic rings. The zero-order chi connectivity index (χ0) is 13.4. The van der Waals surface area contributed by atoms with Gasteiger partial charge in [0.15, 0.2) is 5.96 Å². The van der Waals surface area contributed by atoms with Crippen LogP contribution in [0.3, 0.4) is 0 Å². The Morgan fingerprint density at radius 1 is 1.42 bits per heavy atom. The SMILES string of the molecule is Cc1nnsc1C(C)NC1=NCC2CCC(C)CN12. The lowest BCUT2D eigenvalue weighted by Gasteiger charge is -2.36. The number of rotatable bonds is 2. The first-order valence-electron chi connectivity index (χ1n) is 7.01. The van der Waals surface area contributed by atoms with E-state index in [-0.39, 0.29) is 6.04 Å². The predicted molar refractivity (Wildman–Crippen MR) is 77.4 cm³/mol. The summed E-state index contributed by atoms with van der Waals surface area (Å²) in [7, 11) is 0. The Hall–Kier alpha value is -1.17. The molecular weight excluding hydrogens is 258 g/mol. The van der Waals surface area contributed by atoms with E-state index in [0.29, 0.717) is 6.04 Å². The minimum Gasteiger partial charge on any atom is -0.349 e. The zero-order valence-electron chi connectivity index (χ0n) is 11.8. The molecule has 0 aromatic carbocycles. The monoisotopic (exact) mass is 279 g/mol. The van der Waals surface area contributed by atoms with Crippen LogP contribution >= 0.6 is 11.5 Å². The molecule has 19 heavy (non-hydrogen) atoms. The summed E-state index contributed by atoms with van der Waals surface area (Å²) in [6.07, 6.45) is 2.60. The van der Waals surface area contributed by atoms with E-state index in [9.17, 15) is 0 Å². The molecule has 0 bridgehead atoms. The predicted octanol–water partition coefficient (Wildman–Crippen LogP) is 1.97. The van der Waals surface area contributed by atoms with Gasteiger partial charge in [0.05, 0.1) is 29.2 Å². The lowest BCUT2D eigenvalue weighted by molar-refractivity contribution is 0.210. The lowest BCUT2D eigenvalue weighted by Crippen LogP contribution is -2.48. The third-order valence-corrected chi connectivity index (χ3v) is 5.10. The highest BCUT2D eigenvalue weighted by atomic mass is 32.1. The molecule has 0 amide bonds. The number of fused-ring (bicyclic) bond motifs is 1. The fourth-order valence-corrected chi connectivity index (χ4v) is 3.60. The first-order chi connectivity index (χ1) is 9.15. The summed E-state index contributed by atoms with van der Waals surface area (Å²) < 4.78 is 4.01. The van der Waals surface area contributed by atoms with E-state index >= 15 is 0 Å². The van der Waals surface area contributed by atoms with Gasteiger partial charge in [0.25, 0.3) is 0 Å². The van der Waals surface area contributed by atoms with Crippen molar-refractivity contribution < 1.29 is 0 Å². The maximum Gasteiger partial charge on any atom is 0.194 e. The standard InChI is InChI=1S/C13H21N5S/c1-8-4-5-11-6-14-13(18(11)7-8)15-9(2)12-10(3)16-17-19-12/h8-9,11H,4-7H2,1-3H3,(H,14,15). The van der Waals surface area contributed by atoms with E-state index < -0.39 is 0 Å². The molecule has 2 aliphatic heterocycles. The number of guanidine groups is 1. The largest absolute Gasteiger partial charge is 0.349 e. The Labute approximate surface area is 118 Å². The topological polar surface area (TPSA) is 53.4 Å². The molecule has 1 N–H and O–H groups in total. The molecule has 3 heterocycles. The molecule has 3 unspecified atom stereocenters. The van der Waals surface area contributed by atoms with E-state index in [2.05, 4.69) is 38.6 Å². The summed E-state index contributed by atoms with van der Waals surface area (Å²) in [6, 6.07) is 0.848. The van der Waals surface area contributed by atoms with Gasteiger partial charge in [-0.3, -0.25) is 4.99 Å². The molecule has 1 saturated heterocycles. The van der Waals surface area contributed by atoms with Crippen LogP contribution in [0.25, 0.3) is 0 Å². The van der Waals surface area contributed by atoms with Crippen molar-refractivity contribution in [3.8, 4) is 0 Å². The molecule has 5 nitrogen and oxygen atoms in total. The van der Waals surface area contributed by atoms with E-state index in [1.165, 1.54) is 29.3 Å². The summed E-state index contributed by atoms with van der Waals surface area (Å²) >= 11 is 1.47. The van der Waals surface area contributed by atoms with Crippen molar-refractivity contribution in [2.45, 2.75) is 45.7 Å². The highest BCUT2D eigenvalue weighted by molar-refractivity contribution is 7.05.